The molecule has 0 amide bonds. The minimum atomic E-state index is -4.57. The molecular formula is C24H24F3N5O2S. The predicted molar refractivity (Wildman–Crippen MR) is 125 cm³/mol. The van der Waals surface area contributed by atoms with Crippen LogP contribution in [0.3, 0.4) is 0 Å². The number of benzene rings is 1. The van der Waals surface area contributed by atoms with E-state index < -0.39 is 17.8 Å². The van der Waals surface area contributed by atoms with E-state index in [0.717, 1.165) is 45.6 Å². The average Bonchev–Trinajstić information content (AvgIpc) is 3.59. The molecule has 1 atom stereocenters. The molecular weight excluding hydrogens is 479 g/mol. The van der Waals surface area contributed by atoms with Crippen LogP contribution < -0.4 is 0 Å². The number of oxime groups is 1. The summed E-state index contributed by atoms with van der Waals surface area (Å²) in [7, 11) is 0. The van der Waals surface area contributed by atoms with Crippen LogP contribution in [0.2, 0.25) is 0 Å². The Morgan fingerprint density at radius 2 is 1.94 bits per heavy atom. The van der Waals surface area contributed by atoms with E-state index in [1.54, 1.807) is 11.3 Å². The average molecular weight is 504 g/mol. The van der Waals surface area contributed by atoms with Crippen molar-refractivity contribution in [3.8, 4) is 0 Å². The lowest BCUT2D eigenvalue weighted by atomic mass is 9.97. The van der Waals surface area contributed by atoms with Gasteiger partial charge in [-0.15, -0.1) is 11.3 Å². The second kappa shape index (κ2) is 9.54. The predicted octanol–water partition coefficient (Wildman–Crippen LogP) is 5.05. The molecule has 2 aromatic heterocycles. The monoisotopic (exact) mass is 503 g/mol. The Bertz CT molecular complexity index is 1230. The van der Waals surface area contributed by atoms with Crippen molar-refractivity contribution in [1.29, 1.82) is 0 Å². The van der Waals surface area contributed by atoms with Gasteiger partial charge in [0.2, 0.25) is 0 Å². The molecule has 0 spiro atoms. The van der Waals surface area contributed by atoms with E-state index in [1.165, 1.54) is 6.92 Å². The van der Waals surface area contributed by atoms with E-state index in [9.17, 15) is 18.0 Å². The largest absolute Gasteiger partial charge is 0.435 e. The Balaban J connectivity index is 1.15. The van der Waals surface area contributed by atoms with Crippen LogP contribution in [0.1, 0.15) is 63.7 Å². The number of rotatable bonds is 5. The van der Waals surface area contributed by atoms with Crippen molar-refractivity contribution in [2.75, 3.05) is 19.6 Å². The highest BCUT2D eigenvalue weighted by Crippen LogP contribution is 2.34. The third-order valence-electron chi connectivity index (χ3n) is 6.37. The van der Waals surface area contributed by atoms with Crippen LogP contribution in [0.25, 0.3) is 0 Å². The summed E-state index contributed by atoms with van der Waals surface area (Å²) in [5, 5.41) is 10.8. The number of aryl methyl sites for hydroxylation is 1. The van der Waals surface area contributed by atoms with Crippen molar-refractivity contribution in [1.82, 2.24) is 19.7 Å². The lowest BCUT2D eigenvalue weighted by Gasteiger charge is -2.30. The summed E-state index contributed by atoms with van der Waals surface area (Å²) in [6, 6.07) is 10.9. The fraction of sp³-hybridized carbons (Fsp3) is 0.417. The Labute approximate surface area is 204 Å². The number of thiazole rings is 1. The van der Waals surface area contributed by atoms with Crippen LogP contribution in [-0.2, 0) is 11.0 Å². The number of halogens is 3. The number of carbonyl (C=O) groups excluding carboxylic acids is 1. The molecule has 0 saturated carbocycles. The fourth-order valence-electron chi connectivity index (χ4n) is 4.44. The van der Waals surface area contributed by atoms with Gasteiger partial charge in [-0.1, -0.05) is 35.5 Å². The molecule has 0 aliphatic carbocycles. The van der Waals surface area contributed by atoms with E-state index in [0.29, 0.717) is 19.5 Å². The first-order chi connectivity index (χ1) is 16.8. The Kier molecular flexibility index (Phi) is 6.45. The van der Waals surface area contributed by atoms with E-state index >= 15 is 0 Å². The molecule has 0 unspecified atom stereocenters. The zero-order valence-corrected chi connectivity index (χ0v) is 19.8. The second-order valence-electron chi connectivity index (χ2n) is 8.84. The molecule has 7 nitrogen and oxygen atoms in total. The van der Waals surface area contributed by atoms with Gasteiger partial charge in [0.25, 0.3) is 5.91 Å². The summed E-state index contributed by atoms with van der Waals surface area (Å²) in [6.45, 7) is 2.81. The Morgan fingerprint density at radius 1 is 1.20 bits per heavy atom. The fourth-order valence-corrected chi connectivity index (χ4v) is 5.44. The van der Waals surface area contributed by atoms with E-state index in [2.05, 4.69) is 10.3 Å². The van der Waals surface area contributed by atoms with Crippen LogP contribution in [0.15, 0.2) is 46.9 Å². The molecule has 1 aromatic carbocycles. The highest BCUT2D eigenvalue weighted by molar-refractivity contribution is 7.10. The van der Waals surface area contributed by atoms with Crippen molar-refractivity contribution >= 4 is 23.0 Å². The number of hydrogen-bond acceptors (Lipinski definition) is 7. The van der Waals surface area contributed by atoms with E-state index in [4.69, 9.17) is 9.82 Å². The van der Waals surface area contributed by atoms with Crippen LogP contribution in [0.4, 0.5) is 13.2 Å². The molecule has 2 aliphatic rings. The van der Waals surface area contributed by atoms with E-state index in [1.807, 2.05) is 40.6 Å². The SMILES string of the molecule is Cc1cc(C(F)(F)F)nn1C(=O)CN1CCC(c2nc(C3=NO[C@@H](c4ccccc4)C3)cs2)CC1. The van der Waals surface area contributed by atoms with Gasteiger partial charge in [0.1, 0.15) is 5.71 Å². The zero-order valence-electron chi connectivity index (χ0n) is 19.0. The van der Waals surface area contributed by atoms with E-state index in [-0.39, 0.29) is 24.3 Å². The molecule has 1 saturated heterocycles. The summed E-state index contributed by atoms with van der Waals surface area (Å²) in [5.41, 5.74) is 1.91. The van der Waals surface area contributed by atoms with Gasteiger partial charge in [-0.25, -0.2) is 9.67 Å². The summed E-state index contributed by atoms with van der Waals surface area (Å²) in [5.74, 6) is -0.184. The maximum atomic E-state index is 12.9. The first-order valence-electron chi connectivity index (χ1n) is 11.4. The van der Waals surface area contributed by atoms with Crippen molar-refractivity contribution in [2.24, 2.45) is 5.16 Å². The number of piperidine rings is 1. The summed E-state index contributed by atoms with van der Waals surface area (Å²) in [6.07, 6.45) is -2.34. The maximum Gasteiger partial charge on any atom is 0.435 e. The van der Waals surface area contributed by atoms with Crippen molar-refractivity contribution in [2.45, 2.75) is 44.4 Å². The van der Waals surface area contributed by atoms with Gasteiger partial charge < -0.3 is 4.84 Å². The quantitative estimate of drug-likeness (QED) is 0.487. The summed E-state index contributed by atoms with van der Waals surface area (Å²) >= 11 is 1.61. The van der Waals surface area contributed by atoms with Crippen molar-refractivity contribution in [3.63, 3.8) is 0 Å². The van der Waals surface area contributed by atoms with Gasteiger partial charge in [-0.3, -0.25) is 9.69 Å². The second-order valence-corrected chi connectivity index (χ2v) is 9.73. The number of nitrogens with zero attached hydrogens (tertiary/aromatic N) is 5. The lowest BCUT2D eigenvalue weighted by Crippen LogP contribution is -2.39. The normalized spacial score (nSPS) is 19.5. The highest BCUT2D eigenvalue weighted by Gasteiger charge is 2.35. The molecule has 3 aromatic rings. The van der Waals surface area contributed by atoms with Crippen molar-refractivity contribution < 1.29 is 22.8 Å². The minimum Gasteiger partial charge on any atom is -0.387 e. The Hall–Kier alpha value is -3.05. The molecule has 0 N–H and O–H groups in total. The molecule has 4 heterocycles. The van der Waals surface area contributed by atoms with Crippen LogP contribution in [0.5, 0.6) is 0 Å². The number of hydrogen-bond donors (Lipinski definition) is 0. The number of likely N-dealkylation sites (tertiary alicyclic amines) is 1. The van der Waals surface area contributed by atoms with Crippen LogP contribution >= 0.6 is 11.3 Å². The molecule has 1 fully saturated rings. The molecule has 5 rings (SSSR count). The molecule has 35 heavy (non-hydrogen) atoms. The number of carbonyl (C=O) groups is 1. The topological polar surface area (TPSA) is 72.6 Å². The molecule has 2 aliphatic heterocycles. The molecule has 0 bridgehead atoms. The third-order valence-corrected chi connectivity index (χ3v) is 7.37. The zero-order chi connectivity index (χ0) is 24.6. The van der Waals surface area contributed by atoms with Gasteiger partial charge in [0, 0.05) is 23.4 Å². The van der Waals surface area contributed by atoms with Gasteiger partial charge in [-0.05, 0) is 44.5 Å². The van der Waals surface area contributed by atoms with Gasteiger partial charge in [0.15, 0.2) is 11.8 Å². The highest BCUT2D eigenvalue weighted by atomic mass is 32.1. The van der Waals surface area contributed by atoms with Gasteiger partial charge in [-0.2, -0.15) is 18.3 Å². The molecule has 11 heteroatoms. The Morgan fingerprint density at radius 3 is 2.63 bits per heavy atom. The molecule has 184 valence electrons. The summed E-state index contributed by atoms with van der Waals surface area (Å²) < 4.78 is 39.5. The van der Waals surface area contributed by atoms with Crippen LogP contribution in [-0.4, -0.2) is 50.9 Å². The maximum absolute atomic E-state index is 12.9. The number of alkyl halides is 3. The third kappa shape index (κ3) is 5.15. The van der Waals surface area contributed by atoms with Gasteiger partial charge in [0.05, 0.1) is 17.2 Å². The van der Waals surface area contributed by atoms with Gasteiger partial charge >= 0.3 is 6.18 Å². The number of aromatic nitrogens is 3. The van der Waals surface area contributed by atoms with Crippen molar-refractivity contribution in [3.05, 3.63) is 69.4 Å². The lowest BCUT2D eigenvalue weighted by molar-refractivity contribution is -0.141. The summed E-state index contributed by atoms with van der Waals surface area (Å²) in [4.78, 5) is 25.0. The smallest absolute Gasteiger partial charge is 0.387 e. The first kappa shape index (κ1) is 23.7. The van der Waals surface area contributed by atoms with Crippen LogP contribution in [0, 0.1) is 6.92 Å². The standard InChI is InChI=1S/C24H24F3N5O2S/c1-15-11-21(24(25,26)27)29-32(15)22(33)13-31-9-7-17(8-10-31)23-28-19(14-35-23)18-12-20(34-30-18)16-5-3-2-4-6-16/h2-6,11,14,17,20H,7-10,12-13H2,1H3/t20-/m1/s1. The molecule has 0 radical (unpaired) electrons. The minimum absolute atomic E-state index is 0.0324. The first-order valence-corrected chi connectivity index (χ1v) is 12.3.